The Hall–Kier alpha value is -1.88. The fourth-order valence-electron chi connectivity index (χ4n) is 2.51. The summed E-state index contributed by atoms with van der Waals surface area (Å²) in [6.07, 6.45) is -1.42. The third-order valence-corrected chi connectivity index (χ3v) is 3.47. The van der Waals surface area contributed by atoms with Gasteiger partial charge in [0, 0.05) is 0 Å². The van der Waals surface area contributed by atoms with Crippen LogP contribution >= 0.6 is 0 Å². The molecule has 0 saturated carbocycles. The first-order chi connectivity index (χ1) is 9.79. The molecule has 2 atom stereocenters. The molecule has 0 aromatic heterocycles. The third kappa shape index (κ3) is 3.61. The zero-order valence-corrected chi connectivity index (χ0v) is 12.6. The van der Waals surface area contributed by atoms with Crippen LogP contribution in [0.2, 0.25) is 0 Å². The zero-order chi connectivity index (χ0) is 15.6. The highest BCUT2D eigenvalue weighted by molar-refractivity contribution is 5.95. The van der Waals surface area contributed by atoms with Crippen molar-refractivity contribution in [1.29, 1.82) is 0 Å². The lowest BCUT2D eigenvalue weighted by molar-refractivity contribution is -0.158. The Kier molecular flexibility index (Phi) is 4.32. The highest BCUT2D eigenvalue weighted by atomic mass is 16.5. The third-order valence-electron chi connectivity index (χ3n) is 3.47. The number of hydrogen-bond donors (Lipinski definition) is 1. The van der Waals surface area contributed by atoms with Crippen molar-refractivity contribution in [3.8, 4) is 0 Å². The first-order valence-electron chi connectivity index (χ1n) is 7.02. The molecule has 1 saturated heterocycles. The van der Waals surface area contributed by atoms with Gasteiger partial charge in [0.25, 0.3) is 5.91 Å². The van der Waals surface area contributed by atoms with Crippen molar-refractivity contribution < 1.29 is 19.4 Å². The van der Waals surface area contributed by atoms with Crippen molar-refractivity contribution in [3.63, 3.8) is 0 Å². The van der Waals surface area contributed by atoms with Crippen LogP contribution in [0.5, 0.6) is 0 Å². The van der Waals surface area contributed by atoms with E-state index in [4.69, 9.17) is 4.74 Å². The largest absolute Gasteiger partial charge is 0.465 e. The molecule has 1 aromatic carbocycles. The molecule has 21 heavy (non-hydrogen) atoms. The van der Waals surface area contributed by atoms with Crippen LogP contribution in [-0.2, 0) is 9.53 Å². The van der Waals surface area contributed by atoms with Crippen molar-refractivity contribution in [2.45, 2.75) is 39.3 Å². The number of ether oxygens (including phenoxy) is 1. The maximum Gasteiger partial charge on any atom is 0.414 e. The van der Waals surface area contributed by atoms with Gasteiger partial charge >= 0.3 is 6.09 Å². The van der Waals surface area contributed by atoms with E-state index >= 15 is 0 Å². The number of benzene rings is 1. The predicted octanol–water partition coefficient (Wildman–Crippen LogP) is 3.07. The summed E-state index contributed by atoms with van der Waals surface area (Å²) >= 11 is 0. The number of rotatable bonds is 2. The second-order valence-corrected chi connectivity index (χ2v) is 6.50. The van der Waals surface area contributed by atoms with Gasteiger partial charge in [-0.3, -0.25) is 4.79 Å². The monoisotopic (exact) mass is 291 g/mol. The molecule has 1 aromatic rings. The van der Waals surface area contributed by atoms with Gasteiger partial charge in [-0.1, -0.05) is 51.1 Å². The molecule has 2 amide bonds. The van der Waals surface area contributed by atoms with Gasteiger partial charge in [-0.05, 0) is 17.4 Å². The molecule has 5 nitrogen and oxygen atoms in total. The van der Waals surface area contributed by atoms with Crippen LogP contribution < -0.4 is 0 Å². The summed E-state index contributed by atoms with van der Waals surface area (Å²) in [6.45, 7) is 6.19. The van der Waals surface area contributed by atoms with Crippen molar-refractivity contribution >= 4 is 12.0 Å². The molecule has 0 unspecified atom stereocenters. The first kappa shape index (κ1) is 15.5. The minimum absolute atomic E-state index is 0.107. The van der Waals surface area contributed by atoms with E-state index in [1.54, 1.807) is 12.1 Å². The van der Waals surface area contributed by atoms with Gasteiger partial charge in [-0.15, -0.1) is 0 Å². The minimum atomic E-state index is -1.23. The summed E-state index contributed by atoms with van der Waals surface area (Å²) < 4.78 is 5.66. The van der Waals surface area contributed by atoms with Crippen LogP contribution in [0.15, 0.2) is 30.3 Å². The normalized spacial score (nSPS) is 23.2. The molecule has 0 spiro atoms. The molecule has 0 aliphatic carbocycles. The van der Waals surface area contributed by atoms with Crippen LogP contribution in [0, 0.1) is 5.41 Å². The fraction of sp³-hybridized carbons (Fsp3) is 0.500. The molecular weight excluding hydrogens is 270 g/mol. The number of carboxylic acid groups (broad SMARTS) is 1. The number of carbonyl (C=O) groups is 2. The molecule has 1 fully saturated rings. The van der Waals surface area contributed by atoms with Crippen molar-refractivity contribution in [2.24, 2.45) is 5.41 Å². The first-order valence-corrected chi connectivity index (χ1v) is 7.02. The Morgan fingerprint density at radius 2 is 1.95 bits per heavy atom. The molecule has 0 radical (unpaired) electrons. The lowest BCUT2D eigenvalue weighted by Crippen LogP contribution is -2.52. The van der Waals surface area contributed by atoms with Crippen LogP contribution in [0.3, 0.4) is 0 Å². The van der Waals surface area contributed by atoms with Crippen LogP contribution in [0.25, 0.3) is 0 Å². The fourth-order valence-corrected chi connectivity index (χ4v) is 2.51. The highest BCUT2D eigenvalue weighted by Crippen LogP contribution is 2.32. The number of morpholine rings is 1. The van der Waals surface area contributed by atoms with Gasteiger partial charge in [-0.2, -0.15) is 0 Å². The van der Waals surface area contributed by atoms with E-state index in [0.29, 0.717) is 6.42 Å². The van der Waals surface area contributed by atoms with Gasteiger partial charge < -0.3 is 9.84 Å². The van der Waals surface area contributed by atoms with E-state index in [0.717, 1.165) is 10.5 Å². The standard InChI is InChI=1S/C16H21NO4/c1-16(2,3)9-13-14(18)17(15(19)20)12(10-21-13)11-7-5-4-6-8-11/h4-8,12-13H,9-10H2,1-3H3,(H,19,20)/t12-,13-/m0/s1. The van der Waals surface area contributed by atoms with Gasteiger partial charge in [0.2, 0.25) is 0 Å². The molecule has 1 heterocycles. The van der Waals surface area contributed by atoms with Crippen LogP contribution in [0.1, 0.15) is 38.8 Å². The Bertz CT molecular complexity index is 521. The van der Waals surface area contributed by atoms with E-state index in [1.807, 2.05) is 39.0 Å². The average Bonchev–Trinajstić information content (AvgIpc) is 2.40. The Balaban J connectivity index is 2.24. The minimum Gasteiger partial charge on any atom is -0.465 e. The summed E-state index contributed by atoms with van der Waals surface area (Å²) in [5.41, 5.74) is 0.659. The number of imide groups is 1. The Labute approximate surface area is 124 Å². The second kappa shape index (κ2) is 5.85. The van der Waals surface area contributed by atoms with E-state index in [1.165, 1.54) is 0 Å². The van der Waals surface area contributed by atoms with E-state index in [9.17, 15) is 14.7 Å². The number of carbonyl (C=O) groups excluding carboxylic acids is 1. The summed E-state index contributed by atoms with van der Waals surface area (Å²) in [6, 6.07) is 8.53. The molecule has 1 aliphatic rings. The quantitative estimate of drug-likeness (QED) is 0.909. The lowest BCUT2D eigenvalue weighted by atomic mass is 9.88. The number of nitrogens with zero attached hydrogens (tertiary/aromatic N) is 1. The maximum atomic E-state index is 12.4. The molecule has 1 N–H and O–H groups in total. The highest BCUT2D eigenvalue weighted by Gasteiger charge is 2.42. The predicted molar refractivity (Wildman–Crippen MR) is 77.9 cm³/mol. The van der Waals surface area contributed by atoms with E-state index in [-0.39, 0.29) is 12.0 Å². The molecule has 0 bridgehead atoms. The Morgan fingerprint density at radius 1 is 1.33 bits per heavy atom. The van der Waals surface area contributed by atoms with Crippen molar-refractivity contribution in [2.75, 3.05) is 6.61 Å². The summed E-state index contributed by atoms with van der Waals surface area (Å²) in [5, 5.41) is 9.41. The smallest absolute Gasteiger partial charge is 0.414 e. The molecule has 2 rings (SSSR count). The zero-order valence-electron chi connectivity index (χ0n) is 12.6. The summed E-state index contributed by atoms with van der Waals surface area (Å²) in [4.78, 5) is 24.9. The Morgan fingerprint density at radius 3 is 2.48 bits per heavy atom. The van der Waals surface area contributed by atoms with Gasteiger partial charge in [-0.25, -0.2) is 9.69 Å². The molecule has 5 heteroatoms. The second-order valence-electron chi connectivity index (χ2n) is 6.50. The lowest BCUT2D eigenvalue weighted by Gasteiger charge is -2.38. The van der Waals surface area contributed by atoms with Gasteiger partial charge in [0.1, 0.15) is 6.10 Å². The SMILES string of the molecule is CC(C)(C)C[C@@H]1OC[C@@H](c2ccccc2)N(C(=O)O)C1=O. The summed E-state index contributed by atoms with van der Waals surface area (Å²) in [5.74, 6) is -0.475. The van der Waals surface area contributed by atoms with Crippen molar-refractivity contribution in [1.82, 2.24) is 4.90 Å². The number of amides is 2. The van der Waals surface area contributed by atoms with Gasteiger partial charge in [0.15, 0.2) is 0 Å². The molecular formula is C16H21NO4. The average molecular weight is 291 g/mol. The maximum absolute atomic E-state index is 12.4. The topological polar surface area (TPSA) is 66.8 Å². The molecule has 114 valence electrons. The molecule has 1 aliphatic heterocycles. The van der Waals surface area contributed by atoms with E-state index in [2.05, 4.69) is 0 Å². The van der Waals surface area contributed by atoms with Gasteiger partial charge in [0.05, 0.1) is 12.6 Å². The van der Waals surface area contributed by atoms with Crippen molar-refractivity contribution in [3.05, 3.63) is 35.9 Å². The summed E-state index contributed by atoms with van der Waals surface area (Å²) in [7, 11) is 0. The van der Waals surface area contributed by atoms with Crippen LogP contribution in [0.4, 0.5) is 4.79 Å². The van der Waals surface area contributed by atoms with Crippen LogP contribution in [-0.4, -0.2) is 34.7 Å². The van der Waals surface area contributed by atoms with E-state index < -0.39 is 24.1 Å². The number of hydrogen-bond acceptors (Lipinski definition) is 3.